The summed E-state index contributed by atoms with van der Waals surface area (Å²) in [7, 11) is 0. The number of imide groups is 1. The predicted molar refractivity (Wildman–Crippen MR) is 96.0 cm³/mol. The minimum Gasteiger partial charge on any atom is -0.480 e. The van der Waals surface area contributed by atoms with Crippen LogP contribution >= 0.6 is 11.6 Å². The number of carbonyl (C=O) groups excluding carboxylic acids is 2. The molecule has 1 N–H and O–H groups in total. The Kier molecular flexibility index (Phi) is 5.30. The van der Waals surface area contributed by atoms with Crippen molar-refractivity contribution in [3.63, 3.8) is 0 Å². The summed E-state index contributed by atoms with van der Waals surface area (Å²) in [5.41, 5.74) is 0.820. The summed E-state index contributed by atoms with van der Waals surface area (Å²) in [6.45, 7) is 0.103. The van der Waals surface area contributed by atoms with Gasteiger partial charge < -0.3 is 10.1 Å². The van der Waals surface area contributed by atoms with Crippen LogP contribution in [0.2, 0.25) is 5.02 Å². The van der Waals surface area contributed by atoms with E-state index >= 15 is 0 Å². The fourth-order valence-electron chi connectivity index (χ4n) is 3.26. The number of rotatable bonds is 4. The van der Waals surface area contributed by atoms with Gasteiger partial charge in [-0.3, -0.25) is 9.69 Å². The second kappa shape index (κ2) is 7.62. The first-order chi connectivity index (χ1) is 12.1. The third-order valence-electron chi connectivity index (χ3n) is 4.43. The van der Waals surface area contributed by atoms with Crippen LogP contribution in [0, 0.1) is 12.3 Å². The molecule has 5 nitrogen and oxygen atoms in total. The minimum absolute atomic E-state index is 0.0244. The van der Waals surface area contributed by atoms with Gasteiger partial charge in [0, 0.05) is 16.6 Å². The number of carbonyl (C=O) groups is 2. The van der Waals surface area contributed by atoms with Gasteiger partial charge in [-0.1, -0.05) is 36.8 Å². The van der Waals surface area contributed by atoms with Crippen molar-refractivity contribution in [1.29, 1.82) is 0 Å². The molecule has 0 bridgehead atoms. The number of amides is 3. The Hall–Kier alpha value is -2.45. The van der Waals surface area contributed by atoms with Gasteiger partial charge in [0.15, 0.2) is 0 Å². The van der Waals surface area contributed by atoms with Crippen LogP contribution in [-0.2, 0) is 4.79 Å². The monoisotopic (exact) mass is 358 g/mol. The van der Waals surface area contributed by atoms with Gasteiger partial charge in [-0.05, 0) is 37.1 Å². The van der Waals surface area contributed by atoms with Crippen LogP contribution in [0.25, 0.3) is 6.08 Å². The van der Waals surface area contributed by atoms with Crippen molar-refractivity contribution in [2.24, 2.45) is 0 Å². The van der Waals surface area contributed by atoms with Gasteiger partial charge >= 0.3 is 6.03 Å². The molecule has 0 radical (unpaired) electrons. The largest absolute Gasteiger partial charge is 0.480 e. The Balaban J connectivity index is 1.87. The van der Waals surface area contributed by atoms with Gasteiger partial charge in [0.2, 0.25) is 0 Å². The topological polar surface area (TPSA) is 58.6 Å². The molecule has 130 valence electrons. The van der Waals surface area contributed by atoms with E-state index in [9.17, 15) is 9.59 Å². The zero-order valence-corrected chi connectivity index (χ0v) is 14.5. The highest BCUT2D eigenvalue weighted by Gasteiger charge is 2.39. The van der Waals surface area contributed by atoms with Crippen molar-refractivity contribution in [3.8, 4) is 18.1 Å². The lowest BCUT2D eigenvalue weighted by Crippen LogP contribution is -2.41. The van der Waals surface area contributed by atoms with Gasteiger partial charge in [-0.2, -0.15) is 0 Å². The number of nitrogens with one attached hydrogen (secondary N) is 1. The minimum atomic E-state index is -0.365. The van der Waals surface area contributed by atoms with Gasteiger partial charge in [0.1, 0.15) is 18.1 Å². The third-order valence-corrected chi connectivity index (χ3v) is 4.67. The van der Waals surface area contributed by atoms with Crippen LogP contribution < -0.4 is 10.1 Å². The molecule has 1 aliphatic heterocycles. The van der Waals surface area contributed by atoms with Crippen LogP contribution in [0.3, 0.4) is 0 Å². The van der Waals surface area contributed by atoms with Gasteiger partial charge in [-0.15, -0.1) is 6.42 Å². The summed E-state index contributed by atoms with van der Waals surface area (Å²) in [5, 5.41) is 3.16. The molecule has 1 heterocycles. The number of benzene rings is 1. The van der Waals surface area contributed by atoms with Crippen LogP contribution in [0.15, 0.2) is 23.9 Å². The SMILES string of the molecule is C#CCOc1ccc(Cl)cc1/C=C1\NC(=O)N(C2CCCCC2)C1=O. The first-order valence-electron chi connectivity index (χ1n) is 8.32. The first-order valence-corrected chi connectivity index (χ1v) is 8.70. The molecule has 0 aromatic heterocycles. The summed E-state index contributed by atoms with van der Waals surface area (Å²) >= 11 is 6.04. The van der Waals surface area contributed by atoms with E-state index in [4.69, 9.17) is 22.8 Å². The lowest BCUT2D eigenvalue weighted by atomic mass is 9.94. The average Bonchev–Trinajstić information content (AvgIpc) is 2.88. The second-order valence-electron chi connectivity index (χ2n) is 6.13. The Bertz CT molecular complexity index is 760. The molecule has 2 aliphatic rings. The van der Waals surface area contributed by atoms with E-state index in [1.807, 2.05) is 0 Å². The van der Waals surface area contributed by atoms with Crippen molar-refractivity contribution in [2.75, 3.05) is 6.61 Å². The lowest BCUT2D eigenvalue weighted by molar-refractivity contribution is -0.124. The van der Waals surface area contributed by atoms with E-state index in [1.54, 1.807) is 24.3 Å². The van der Waals surface area contributed by atoms with Crippen molar-refractivity contribution >= 4 is 29.6 Å². The number of hydrogen-bond acceptors (Lipinski definition) is 3. The predicted octanol–water partition coefficient (Wildman–Crippen LogP) is 3.58. The van der Waals surface area contributed by atoms with E-state index < -0.39 is 0 Å². The summed E-state index contributed by atoms with van der Waals surface area (Å²) in [4.78, 5) is 26.3. The molecule has 1 aromatic rings. The number of urea groups is 1. The van der Waals surface area contributed by atoms with E-state index in [1.165, 1.54) is 4.90 Å². The van der Waals surface area contributed by atoms with E-state index in [-0.39, 0.29) is 30.3 Å². The first kappa shape index (κ1) is 17.4. The summed E-state index contributed by atoms with van der Waals surface area (Å²) in [6, 6.07) is 4.65. The molecule has 3 rings (SSSR count). The third kappa shape index (κ3) is 3.80. The smallest absolute Gasteiger partial charge is 0.329 e. The highest BCUT2D eigenvalue weighted by Crippen LogP contribution is 2.29. The number of halogens is 1. The molecule has 0 spiro atoms. The van der Waals surface area contributed by atoms with E-state index in [0.717, 1.165) is 32.1 Å². The summed E-state index contributed by atoms with van der Waals surface area (Å²) in [5.74, 6) is 2.60. The molecule has 1 aliphatic carbocycles. The Labute approximate surface area is 152 Å². The molecule has 25 heavy (non-hydrogen) atoms. The van der Waals surface area contributed by atoms with E-state index in [0.29, 0.717) is 16.3 Å². The highest BCUT2D eigenvalue weighted by molar-refractivity contribution is 6.30. The maximum Gasteiger partial charge on any atom is 0.329 e. The van der Waals surface area contributed by atoms with Crippen molar-refractivity contribution in [2.45, 2.75) is 38.1 Å². The molecule has 3 amide bonds. The van der Waals surface area contributed by atoms with Crippen molar-refractivity contribution < 1.29 is 14.3 Å². The Morgan fingerprint density at radius 1 is 1.32 bits per heavy atom. The molecule has 0 atom stereocenters. The normalized spacial score (nSPS) is 19.8. The molecule has 1 aromatic carbocycles. The number of nitrogens with zero attached hydrogens (tertiary/aromatic N) is 1. The molecule has 0 unspecified atom stereocenters. The van der Waals surface area contributed by atoms with Crippen molar-refractivity contribution in [3.05, 3.63) is 34.5 Å². The van der Waals surface area contributed by atoms with Crippen LogP contribution in [0.5, 0.6) is 5.75 Å². The molecular formula is C19H19ClN2O3. The zero-order valence-electron chi connectivity index (χ0n) is 13.8. The van der Waals surface area contributed by atoms with Gasteiger partial charge in [-0.25, -0.2) is 4.79 Å². The maximum atomic E-state index is 12.7. The molecule has 6 heteroatoms. The zero-order chi connectivity index (χ0) is 17.8. The number of hydrogen-bond donors (Lipinski definition) is 1. The highest BCUT2D eigenvalue weighted by atomic mass is 35.5. The Morgan fingerprint density at radius 3 is 2.80 bits per heavy atom. The maximum absolute atomic E-state index is 12.7. The molecule has 1 saturated heterocycles. The quantitative estimate of drug-likeness (QED) is 0.508. The average molecular weight is 359 g/mol. The number of terminal acetylenes is 1. The van der Waals surface area contributed by atoms with E-state index in [2.05, 4.69) is 11.2 Å². The summed E-state index contributed by atoms with van der Waals surface area (Å²) in [6.07, 6.45) is 11.8. The van der Waals surface area contributed by atoms with Crippen LogP contribution in [0.4, 0.5) is 4.79 Å². The molecular weight excluding hydrogens is 340 g/mol. The fraction of sp³-hybridized carbons (Fsp3) is 0.368. The van der Waals surface area contributed by atoms with Crippen molar-refractivity contribution in [1.82, 2.24) is 10.2 Å². The van der Waals surface area contributed by atoms with Gasteiger partial charge in [0.05, 0.1) is 0 Å². The lowest BCUT2D eigenvalue weighted by Gasteiger charge is -2.28. The van der Waals surface area contributed by atoms with Gasteiger partial charge in [0.25, 0.3) is 5.91 Å². The molecule has 1 saturated carbocycles. The number of ether oxygens (including phenoxy) is 1. The standard InChI is InChI=1S/C19H19ClN2O3/c1-2-10-25-17-9-8-14(20)11-13(17)12-16-18(23)22(19(24)21-16)15-6-4-3-5-7-15/h1,8-9,11-12,15H,3-7,10H2,(H,21,24)/b16-12-. The molecule has 2 fully saturated rings. The Morgan fingerprint density at radius 2 is 2.08 bits per heavy atom. The van der Waals surface area contributed by atoms with Crippen LogP contribution in [-0.4, -0.2) is 29.5 Å². The summed E-state index contributed by atoms with van der Waals surface area (Å²) < 4.78 is 5.48. The fourth-order valence-corrected chi connectivity index (χ4v) is 3.44. The second-order valence-corrected chi connectivity index (χ2v) is 6.57. The van der Waals surface area contributed by atoms with Crippen LogP contribution in [0.1, 0.15) is 37.7 Å².